The van der Waals surface area contributed by atoms with Gasteiger partial charge in [-0.05, 0) is 38.5 Å². The second-order valence-electron chi connectivity index (χ2n) is 21.0. The van der Waals surface area contributed by atoms with Crippen molar-refractivity contribution >= 4 is 13.7 Å². The normalized spacial score (nSPS) is 14.1. The van der Waals surface area contributed by atoms with Crippen LogP contribution in [0.25, 0.3) is 0 Å². The number of aliphatic hydroxyl groups excluding tert-OH is 1. The third-order valence-corrected chi connectivity index (χ3v) is 14.1. The van der Waals surface area contributed by atoms with Gasteiger partial charge in [-0.2, -0.15) is 0 Å². The molecule has 3 unspecified atom stereocenters. The van der Waals surface area contributed by atoms with Crippen molar-refractivity contribution in [2.24, 2.45) is 0 Å². The number of rotatable bonds is 53. The highest BCUT2D eigenvalue weighted by molar-refractivity contribution is 7.45. The van der Waals surface area contributed by atoms with Crippen molar-refractivity contribution in [1.29, 1.82) is 0 Å². The van der Waals surface area contributed by atoms with E-state index in [1.165, 1.54) is 231 Å². The molecule has 0 aliphatic rings. The molecular weight excluding hydrogens is 840 g/mol. The molecule has 392 valence electrons. The zero-order valence-corrected chi connectivity index (χ0v) is 45.6. The van der Waals surface area contributed by atoms with Crippen molar-refractivity contribution in [3.8, 4) is 0 Å². The van der Waals surface area contributed by atoms with Gasteiger partial charge in [-0.25, -0.2) is 0 Å². The van der Waals surface area contributed by atoms with Crippen molar-refractivity contribution in [2.75, 3.05) is 40.9 Å². The molecule has 8 nitrogen and oxygen atoms in total. The van der Waals surface area contributed by atoms with Gasteiger partial charge in [0.05, 0.1) is 39.9 Å². The third kappa shape index (κ3) is 50.8. The van der Waals surface area contributed by atoms with Crippen LogP contribution < -0.4 is 10.2 Å². The second kappa shape index (κ2) is 49.0. The maximum Gasteiger partial charge on any atom is 0.268 e. The summed E-state index contributed by atoms with van der Waals surface area (Å²) in [6.07, 6.45) is 62.6. The number of likely N-dealkylation sites (N-methyl/N-ethyl adjacent to an activating group) is 1. The van der Waals surface area contributed by atoms with Gasteiger partial charge in [-0.3, -0.25) is 9.36 Å². The number of quaternary nitrogens is 1. The van der Waals surface area contributed by atoms with Crippen LogP contribution in [-0.4, -0.2) is 68.5 Å². The number of allylic oxidation sites excluding steroid dienone is 3. The van der Waals surface area contributed by atoms with Gasteiger partial charge in [0.1, 0.15) is 13.2 Å². The summed E-state index contributed by atoms with van der Waals surface area (Å²) in [4.78, 5) is 25.0. The Bertz CT molecular complexity index is 1130. The summed E-state index contributed by atoms with van der Waals surface area (Å²) in [6.45, 7) is 4.45. The van der Waals surface area contributed by atoms with Crippen LogP contribution in [-0.2, 0) is 18.4 Å². The average molecular weight is 954 g/mol. The number of unbranched alkanes of at least 4 members (excludes halogenated alkanes) is 38. The zero-order chi connectivity index (χ0) is 48.5. The fourth-order valence-corrected chi connectivity index (χ4v) is 9.35. The average Bonchev–Trinajstić information content (AvgIpc) is 3.27. The van der Waals surface area contributed by atoms with Gasteiger partial charge in [0, 0.05) is 6.42 Å². The lowest BCUT2D eigenvalue weighted by Crippen LogP contribution is -2.45. The first-order valence-electron chi connectivity index (χ1n) is 28.7. The van der Waals surface area contributed by atoms with Crippen molar-refractivity contribution < 1.29 is 32.9 Å². The Hall–Kier alpha value is -1.02. The number of hydrogen-bond acceptors (Lipinski definition) is 6. The minimum Gasteiger partial charge on any atom is -0.756 e. The monoisotopic (exact) mass is 953 g/mol. The number of nitrogens with one attached hydrogen (secondary N) is 1. The lowest BCUT2D eigenvalue weighted by atomic mass is 10.0. The minimum absolute atomic E-state index is 0.000544. The van der Waals surface area contributed by atoms with Crippen molar-refractivity contribution in [3.63, 3.8) is 0 Å². The Morgan fingerprint density at radius 3 is 1.21 bits per heavy atom. The lowest BCUT2D eigenvalue weighted by Gasteiger charge is -2.29. The van der Waals surface area contributed by atoms with E-state index in [1.807, 2.05) is 34.1 Å². The molecule has 3 atom stereocenters. The smallest absolute Gasteiger partial charge is 0.268 e. The molecule has 0 fully saturated rings. The molecule has 0 aromatic heterocycles. The van der Waals surface area contributed by atoms with E-state index in [2.05, 4.69) is 24.4 Å². The number of hydrogen-bond donors (Lipinski definition) is 2. The van der Waals surface area contributed by atoms with E-state index in [0.29, 0.717) is 17.4 Å². The Balaban J connectivity index is 3.54. The van der Waals surface area contributed by atoms with Crippen LogP contribution in [0.3, 0.4) is 0 Å². The largest absolute Gasteiger partial charge is 0.756 e. The van der Waals surface area contributed by atoms with E-state index < -0.39 is 20.0 Å². The summed E-state index contributed by atoms with van der Waals surface area (Å²) in [5, 5.41) is 13.5. The first-order chi connectivity index (χ1) is 32.0. The molecule has 66 heavy (non-hydrogen) atoms. The maximum absolute atomic E-state index is 12.7. The van der Waals surface area contributed by atoms with Crippen LogP contribution in [0, 0.1) is 0 Å². The molecular formula is C57H113N2O6P. The fourth-order valence-electron chi connectivity index (χ4n) is 8.63. The summed E-state index contributed by atoms with van der Waals surface area (Å²) < 4.78 is 22.9. The minimum atomic E-state index is -4.56. The molecule has 0 aliphatic heterocycles. The number of phosphoric ester groups is 1. The summed E-state index contributed by atoms with van der Waals surface area (Å²) in [5.41, 5.74) is 0. The molecule has 1 amide bonds. The van der Waals surface area contributed by atoms with Crippen molar-refractivity contribution in [1.82, 2.24) is 5.32 Å². The summed E-state index contributed by atoms with van der Waals surface area (Å²) in [6, 6.07) is -0.878. The van der Waals surface area contributed by atoms with Gasteiger partial charge in [-0.1, -0.05) is 263 Å². The van der Waals surface area contributed by atoms with E-state index in [-0.39, 0.29) is 19.1 Å². The molecule has 0 heterocycles. The Kier molecular flexibility index (Phi) is 48.2. The van der Waals surface area contributed by atoms with Gasteiger partial charge in [-0.15, -0.1) is 0 Å². The van der Waals surface area contributed by atoms with Gasteiger partial charge in [0.2, 0.25) is 5.91 Å². The fraction of sp³-hybridized carbons (Fsp3) is 0.912. The van der Waals surface area contributed by atoms with E-state index in [9.17, 15) is 19.4 Å². The van der Waals surface area contributed by atoms with Gasteiger partial charge >= 0.3 is 0 Å². The number of carbonyl (C=O) groups is 1. The van der Waals surface area contributed by atoms with Gasteiger partial charge in [0.15, 0.2) is 0 Å². The van der Waals surface area contributed by atoms with E-state index in [0.717, 1.165) is 32.1 Å². The predicted octanol–water partition coefficient (Wildman–Crippen LogP) is 16.6. The number of aliphatic hydroxyl groups is 1. The third-order valence-electron chi connectivity index (χ3n) is 13.1. The van der Waals surface area contributed by atoms with E-state index in [4.69, 9.17) is 9.05 Å². The molecule has 0 saturated carbocycles. The van der Waals surface area contributed by atoms with Crippen LogP contribution in [0.2, 0.25) is 0 Å². The zero-order valence-electron chi connectivity index (χ0n) is 44.7. The summed E-state index contributed by atoms with van der Waals surface area (Å²) in [7, 11) is 1.26. The maximum atomic E-state index is 12.7. The topological polar surface area (TPSA) is 108 Å². The summed E-state index contributed by atoms with van der Waals surface area (Å²) in [5.74, 6) is -0.205. The van der Waals surface area contributed by atoms with Crippen molar-refractivity contribution in [2.45, 2.75) is 296 Å². The highest BCUT2D eigenvalue weighted by atomic mass is 31.2. The standard InChI is InChI=1S/C57H113N2O6P/c1-6-8-10-11-12-13-14-15-16-17-18-19-20-21-22-23-24-25-26-27-28-29-30-31-32-33-34-35-36-37-38-39-40-41-42-43-44-45-46-47-49-51-57(61)58-55(56(60)50-48-9-7-2)54-65-66(62,63)64-53-52-59(3,4)5/h17-18,48,50,55-56,60H,6-16,19-47,49,51-54H2,1-5H3,(H-,58,61,62,63)/b18-17-,50-48+. The molecule has 0 spiro atoms. The van der Waals surface area contributed by atoms with E-state index >= 15 is 0 Å². The van der Waals surface area contributed by atoms with Gasteiger partial charge in [0.25, 0.3) is 7.82 Å². The SMILES string of the molecule is CCC/C=C/C(O)C(COP(=O)([O-])OCC[N+](C)(C)C)NC(=O)CCCCCCCCCCCCCCCCCCCCCCCCCCCCCCC/C=C\CCCCCCCCCC. The molecule has 0 bridgehead atoms. The van der Waals surface area contributed by atoms with Crippen LogP contribution >= 0.6 is 7.82 Å². The highest BCUT2D eigenvalue weighted by Gasteiger charge is 2.23. The lowest BCUT2D eigenvalue weighted by molar-refractivity contribution is -0.870. The number of carbonyl (C=O) groups excluding carboxylic acids is 1. The van der Waals surface area contributed by atoms with Crippen molar-refractivity contribution in [3.05, 3.63) is 24.3 Å². The molecule has 0 saturated heterocycles. The summed E-state index contributed by atoms with van der Waals surface area (Å²) >= 11 is 0. The second-order valence-corrected chi connectivity index (χ2v) is 22.4. The van der Waals surface area contributed by atoms with Crippen LogP contribution in [0.15, 0.2) is 24.3 Å². The predicted molar refractivity (Wildman–Crippen MR) is 284 cm³/mol. The van der Waals surface area contributed by atoms with E-state index in [1.54, 1.807) is 6.08 Å². The Morgan fingerprint density at radius 1 is 0.515 bits per heavy atom. The van der Waals surface area contributed by atoms with Gasteiger partial charge < -0.3 is 28.8 Å². The molecule has 2 N–H and O–H groups in total. The molecule has 0 rings (SSSR count). The molecule has 0 aromatic carbocycles. The quantitative estimate of drug-likeness (QED) is 0.0272. The van der Waals surface area contributed by atoms with Crippen LogP contribution in [0.1, 0.15) is 284 Å². The van der Waals surface area contributed by atoms with Crippen LogP contribution in [0.5, 0.6) is 0 Å². The molecule has 9 heteroatoms. The Morgan fingerprint density at radius 2 is 0.864 bits per heavy atom. The first-order valence-corrected chi connectivity index (χ1v) is 30.2. The molecule has 0 radical (unpaired) electrons. The highest BCUT2D eigenvalue weighted by Crippen LogP contribution is 2.38. The molecule has 0 aliphatic carbocycles. The number of phosphoric acid groups is 1. The number of amides is 1. The number of nitrogens with zero attached hydrogens (tertiary/aromatic N) is 1. The van der Waals surface area contributed by atoms with Crippen LogP contribution in [0.4, 0.5) is 0 Å². The molecule has 0 aromatic rings. The first kappa shape index (κ1) is 65.0. The Labute approximate surface area is 411 Å².